The Morgan fingerprint density at radius 3 is 2.83 bits per heavy atom. The lowest BCUT2D eigenvalue weighted by molar-refractivity contribution is 0.0896. The monoisotopic (exact) mass is 267 g/mol. The van der Waals surface area contributed by atoms with E-state index >= 15 is 0 Å². The van der Waals surface area contributed by atoms with Gasteiger partial charge in [0.25, 0.3) is 0 Å². The lowest BCUT2D eigenvalue weighted by Gasteiger charge is -2.23. The van der Waals surface area contributed by atoms with Gasteiger partial charge in [0.05, 0.1) is 5.56 Å². The van der Waals surface area contributed by atoms with Crippen LogP contribution < -0.4 is 5.32 Å². The highest BCUT2D eigenvalue weighted by atomic mass is 35.5. The van der Waals surface area contributed by atoms with E-state index in [4.69, 9.17) is 11.6 Å². The quantitative estimate of drug-likeness (QED) is 0.810. The number of carbonyl (C=O) groups excluding carboxylic acids is 1. The highest BCUT2D eigenvalue weighted by Crippen LogP contribution is 2.33. The number of nitrogens with one attached hydrogen (secondary N) is 1. The molecule has 0 aliphatic carbocycles. The van der Waals surface area contributed by atoms with Crippen molar-refractivity contribution in [3.63, 3.8) is 0 Å². The molecule has 1 heterocycles. The Morgan fingerprint density at radius 2 is 2.22 bits per heavy atom. The number of halogens is 1. The van der Waals surface area contributed by atoms with Crippen molar-refractivity contribution in [2.24, 2.45) is 5.92 Å². The van der Waals surface area contributed by atoms with Gasteiger partial charge in [0.2, 0.25) is 0 Å². The molecule has 1 fully saturated rings. The first-order chi connectivity index (χ1) is 8.52. The Bertz CT molecular complexity index is 453. The van der Waals surface area contributed by atoms with Gasteiger partial charge in [0.15, 0.2) is 5.78 Å². The summed E-state index contributed by atoms with van der Waals surface area (Å²) in [6, 6.07) is 1.70. The summed E-state index contributed by atoms with van der Waals surface area (Å²) >= 11 is 6.10. The number of benzene rings is 1. The van der Waals surface area contributed by atoms with E-state index in [0.717, 1.165) is 19.4 Å². The molecular formula is C14H18ClNO2. The average Bonchev–Trinajstić information content (AvgIpc) is 2.37. The molecule has 1 aromatic rings. The molecule has 0 saturated carbocycles. The van der Waals surface area contributed by atoms with Crippen molar-refractivity contribution in [3.8, 4) is 5.75 Å². The fourth-order valence-corrected chi connectivity index (χ4v) is 2.70. The Kier molecular flexibility index (Phi) is 3.93. The van der Waals surface area contributed by atoms with Gasteiger partial charge in [-0.1, -0.05) is 11.6 Å². The molecule has 2 N–H and O–H groups in total. The summed E-state index contributed by atoms with van der Waals surface area (Å²) in [6.45, 7) is 5.19. The molecule has 1 saturated heterocycles. The summed E-state index contributed by atoms with van der Waals surface area (Å²) in [6.07, 6.45) is 1.87. The average molecular weight is 268 g/mol. The van der Waals surface area contributed by atoms with Crippen LogP contribution in [0.4, 0.5) is 0 Å². The largest absolute Gasteiger partial charge is 0.507 e. The lowest BCUT2D eigenvalue weighted by Crippen LogP contribution is -2.34. The third-order valence-corrected chi connectivity index (χ3v) is 3.99. The van der Waals surface area contributed by atoms with Gasteiger partial charge in [0.1, 0.15) is 5.75 Å². The molecule has 0 spiro atoms. The van der Waals surface area contributed by atoms with E-state index in [9.17, 15) is 9.90 Å². The molecule has 98 valence electrons. The smallest absolute Gasteiger partial charge is 0.171 e. The maximum absolute atomic E-state index is 12.5. The summed E-state index contributed by atoms with van der Waals surface area (Å²) in [5, 5.41) is 13.9. The maximum atomic E-state index is 12.5. The van der Waals surface area contributed by atoms with Crippen LogP contribution in [0, 0.1) is 19.8 Å². The van der Waals surface area contributed by atoms with E-state index in [1.165, 1.54) is 0 Å². The van der Waals surface area contributed by atoms with Crippen LogP contribution in [0.5, 0.6) is 5.75 Å². The van der Waals surface area contributed by atoms with Crippen molar-refractivity contribution in [2.45, 2.75) is 26.7 Å². The molecule has 1 unspecified atom stereocenters. The molecule has 1 aliphatic rings. The summed E-state index contributed by atoms with van der Waals surface area (Å²) < 4.78 is 0. The number of rotatable bonds is 2. The Balaban J connectivity index is 2.40. The molecule has 0 aromatic heterocycles. The predicted octanol–water partition coefficient (Wildman–Crippen LogP) is 2.84. The van der Waals surface area contributed by atoms with Crippen LogP contribution in [-0.2, 0) is 0 Å². The number of phenolic OH excluding ortho intramolecular Hbond substituents is 1. The molecule has 0 radical (unpaired) electrons. The van der Waals surface area contributed by atoms with Gasteiger partial charge in [-0.25, -0.2) is 0 Å². The summed E-state index contributed by atoms with van der Waals surface area (Å²) in [5.41, 5.74) is 1.72. The minimum absolute atomic E-state index is 0.00259. The van der Waals surface area contributed by atoms with E-state index < -0.39 is 0 Å². The van der Waals surface area contributed by atoms with Crippen molar-refractivity contribution < 1.29 is 9.90 Å². The predicted molar refractivity (Wildman–Crippen MR) is 72.5 cm³/mol. The van der Waals surface area contributed by atoms with E-state index in [-0.39, 0.29) is 17.5 Å². The Morgan fingerprint density at radius 1 is 1.50 bits per heavy atom. The molecule has 1 aliphatic heterocycles. The summed E-state index contributed by atoms with van der Waals surface area (Å²) in [4.78, 5) is 12.5. The minimum Gasteiger partial charge on any atom is -0.507 e. The number of Topliss-reactive ketones (excluding diaryl/α,β-unsaturated/α-hetero) is 1. The van der Waals surface area contributed by atoms with Crippen LogP contribution in [-0.4, -0.2) is 24.0 Å². The van der Waals surface area contributed by atoms with Gasteiger partial charge in [-0.2, -0.15) is 0 Å². The number of piperidine rings is 1. The fraction of sp³-hybridized carbons (Fsp3) is 0.500. The third-order valence-electron chi connectivity index (χ3n) is 3.60. The molecule has 18 heavy (non-hydrogen) atoms. The molecule has 0 bridgehead atoms. The first-order valence-electron chi connectivity index (χ1n) is 6.26. The molecule has 4 heteroatoms. The number of hydrogen-bond donors (Lipinski definition) is 2. The van der Waals surface area contributed by atoms with Crippen molar-refractivity contribution in [1.29, 1.82) is 0 Å². The van der Waals surface area contributed by atoms with E-state index in [1.54, 1.807) is 19.9 Å². The molecule has 1 atom stereocenters. The maximum Gasteiger partial charge on any atom is 0.171 e. The van der Waals surface area contributed by atoms with Crippen LogP contribution in [0.3, 0.4) is 0 Å². The molecule has 2 rings (SSSR count). The SMILES string of the molecule is Cc1cc(Cl)c(C)c(C(=O)C2CCCNC2)c1O. The Labute approximate surface area is 112 Å². The van der Waals surface area contributed by atoms with Crippen molar-refractivity contribution in [1.82, 2.24) is 5.32 Å². The van der Waals surface area contributed by atoms with Gasteiger partial charge in [-0.15, -0.1) is 0 Å². The van der Waals surface area contributed by atoms with Crippen LogP contribution in [0.1, 0.15) is 34.3 Å². The number of hydrogen-bond acceptors (Lipinski definition) is 3. The van der Waals surface area contributed by atoms with Crippen molar-refractivity contribution in [3.05, 3.63) is 27.8 Å². The Hall–Kier alpha value is -1.06. The normalized spacial score (nSPS) is 19.8. The zero-order chi connectivity index (χ0) is 13.3. The van der Waals surface area contributed by atoms with E-state index in [1.807, 2.05) is 0 Å². The molecular weight excluding hydrogens is 250 g/mol. The second-order valence-electron chi connectivity index (χ2n) is 4.93. The van der Waals surface area contributed by atoms with E-state index in [2.05, 4.69) is 5.32 Å². The van der Waals surface area contributed by atoms with Gasteiger partial charge in [0, 0.05) is 17.5 Å². The zero-order valence-electron chi connectivity index (χ0n) is 10.7. The second-order valence-corrected chi connectivity index (χ2v) is 5.34. The van der Waals surface area contributed by atoms with Crippen molar-refractivity contribution in [2.75, 3.05) is 13.1 Å². The number of carbonyl (C=O) groups is 1. The topological polar surface area (TPSA) is 49.3 Å². The third kappa shape index (κ3) is 2.38. The molecule has 1 aromatic carbocycles. The van der Waals surface area contributed by atoms with Gasteiger partial charge in [-0.3, -0.25) is 4.79 Å². The standard InChI is InChI=1S/C14H18ClNO2/c1-8-6-11(15)9(2)12(13(8)17)14(18)10-4-3-5-16-7-10/h6,10,16-17H,3-5,7H2,1-2H3. The van der Waals surface area contributed by atoms with E-state index in [0.29, 0.717) is 28.3 Å². The summed E-state index contributed by atoms with van der Waals surface area (Å²) in [5.74, 6) is 0.0245. The highest BCUT2D eigenvalue weighted by Gasteiger charge is 2.27. The van der Waals surface area contributed by atoms with Crippen LogP contribution in [0.2, 0.25) is 5.02 Å². The number of ketones is 1. The first-order valence-corrected chi connectivity index (χ1v) is 6.63. The van der Waals surface area contributed by atoms with Crippen LogP contribution in [0.25, 0.3) is 0 Å². The van der Waals surface area contributed by atoms with Gasteiger partial charge >= 0.3 is 0 Å². The number of aryl methyl sites for hydroxylation is 1. The highest BCUT2D eigenvalue weighted by molar-refractivity contribution is 6.32. The minimum atomic E-state index is -0.0544. The number of aromatic hydroxyl groups is 1. The number of phenols is 1. The molecule has 3 nitrogen and oxygen atoms in total. The second kappa shape index (κ2) is 5.29. The van der Waals surface area contributed by atoms with Gasteiger partial charge < -0.3 is 10.4 Å². The van der Waals surface area contributed by atoms with Crippen molar-refractivity contribution >= 4 is 17.4 Å². The lowest BCUT2D eigenvalue weighted by atomic mass is 9.88. The summed E-state index contributed by atoms with van der Waals surface area (Å²) in [7, 11) is 0. The van der Waals surface area contributed by atoms with Crippen LogP contribution >= 0.6 is 11.6 Å². The molecule has 0 amide bonds. The fourth-order valence-electron chi connectivity index (χ4n) is 2.44. The zero-order valence-corrected chi connectivity index (χ0v) is 11.5. The first kappa shape index (κ1) is 13.4. The van der Waals surface area contributed by atoms with Crippen LogP contribution in [0.15, 0.2) is 6.07 Å². The van der Waals surface area contributed by atoms with Gasteiger partial charge in [-0.05, 0) is 50.4 Å².